The van der Waals surface area contributed by atoms with Crippen LogP contribution in [0, 0.1) is 0 Å². The zero-order chi connectivity index (χ0) is 15.2. The molecule has 0 heterocycles. The lowest BCUT2D eigenvalue weighted by Crippen LogP contribution is -2.23. The van der Waals surface area contributed by atoms with Crippen molar-refractivity contribution in [1.82, 2.24) is 5.32 Å². The molecule has 0 atom stereocenters. The maximum atomic E-state index is 11.8. The predicted molar refractivity (Wildman–Crippen MR) is 87.4 cm³/mol. The van der Waals surface area contributed by atoms with Crippen molar-refractivity contribution in [3.05, 3.63) is 59.7 Å². The molecule has 0 aromatic heterocycles. The molecule has 0 unspecified atom stereocenters. The van der Waals surface area contributed by atoms with Gasteiger partial charge >= 0.3 is 0 Å². The Balaban J connectivity index is 2.15. The highest BCUT2D eigenvalue weighted by Crippen LogP contribution is 2.24. The van der Waals surface area contributed by atoms with Gasteiger partial charge in [0.05, 0.1) is 11.4 Å². The molecule has 0 saturated heterocycles. The molecule has 0 saturated carbocycles. The van der Waals surface area contributed by atoms with Gasteiger partial charge in [0.15, 0.2) is 0 Å². The number of rotatable bonds is 5. The molecule has 3 N–H and O–H groups in total. The van der Waals surface area contributed by atoms with Crippen molar-refractivity contribution in [3.63, 3.8) is 0 Å². The van der Waals surface area contributed by atoms with Crippen LogP contribution in [0.4, 0.5) is 11.4 Å². The first-order valence-electron chi connectivity index (χ1n) is 7.04. The molecule has 2 rings (SSSR count). The second-order valence-corrected chi connectivity index (χ2v) is 4.97. The van der Waals surface area contributed by atoms with Gasteiger partial charge in [-0.05, 0) is 30.7 Å². The predicted octanol–water partition coefficient (Wildman–Crippen LogP) is 2.65. The largest absolute Gasteiger partial charge is 0.397 e. The van der Waals surface area contributed by atoms with Crippen molar-refractivity contribution >= 4 is 17.3 Å². The first-order chi connectivity index (χ1) is 10.1. The minimum absolute atomic E-state index is 0.0959. The fraction of sp³-hybridized carbons (Fsp3) is 0.235. The minimum atomic E-state index is -0.0959. The molecule has 4 nitrogen and oxygen atoms in total. The molecule has 0 bridgehead atoms. The summed E-state index contributed by atoms with van der Waals surface area (Å²) in [7, 11) is 1.99. The van der Waals surface area contributed by atoms with Gasteiger partial charge < -0.3 is 16.0 Å². The first-order valence-corrected chi connectivity index (χ1v) is 7.04. The lowest BCUT2D eigenvalue weighted by Gasteiger charge is -2.21. The van der Waals surface area contributed by atoms with Crippen molar-refractivity contribution in [3.8, 4) is 0 Å². The molecule has 21 heavy (non-hydrogen) atoms. The summed E-state index contributed by atoms with van der Waals surface area (Å²) in [5, 5.41) is 2.77. The summed E-state index contributed by atoms with van der Waals surface area (Å²) in [6.07, 6.45) is 0. The zero-order valence-corrected chi connectivity index (χ0v) is 12.5. The van der Waals surface area contributed by atoms with Crippen LogP contribution in [0.1, 0.15) is 22.8 Å². The van der Waals surface area contributed by atoms with Crippen LogP contribution in [0.25, 0.3) is 0 Å². The average molecular weight is 283 g/mol. The smallest absolute Gasteiger partial charge is 0.251 e. The molecule has 1 amide bonds. The standard InChI is InChI=1S/C17H21N3O/c1-3-19-17(21)14-9-10-16(15(18)11-14)20(2)12-13-7-5-4-6-8-13/h4-11H,3,12,18H2,1-2H3,(H,19,21). The van der Waals surface area contributed by atoms with Gasteiger partial charge in [0.1, 0.15) is 0 Å². The monoisotopic (exact) mass is 283 g/mol. The maximum Gasteiger partial charge on any atom is 0.251 e. The number of hydrogen-bond acceptors (Lipinski definition) is 3. The number of nitrogen functional groups attached to an aromatic ring is 1. The van der Waals surface area contributed by atoms with Gasteiger partial charge in [-0.2, -0.15) is 0 Å². The summed E-state index contributed by atoms with van der Waals surface area (Å²) in [4.78, 5) is 13.9. The molecule has 110 valence electrons. The van der Waals surface area contributed by atoms with E-state index in [9.17, 15) is 4.79 Å². The highest BCUT2D eigenvalue weighted by atomic mass is 16.1. The average Bonchev–Trinajstić information content (AvgIpc) is 2.48. The van der Waals surface area contributed by atoms with Gasteiger partial charge in [-0.25, -0.2) is 0 Å². The van der Waals surface area contributed by atoms with E-state index in [1.807, 2.05) is 38.2 Å². The summed E-state index contributed by atoms with van der Waals surface area (Å²) in [5.41, 5.74) is 9.42. The normalized spacial score (nSPS) is 10.2. The van der Waals surface area contributed by atoms with Crippen molar-refractivity contribution in [2.75, 3.05) is 24.2 Å². The van der Waals surface area contributed by atoms with Gasteiger partial charge in [-0.15, -0.1) is 0 Å². The van der Waals surface area contributed by atoms with E-state index in [0.29, 0.717) is 17.8 Å². The van der Waals surface area contributed by atoms with E-state index in [2.05, 4.69) is 22.3 Å². The van der Waals surface area contributed by atoms with Crippen molar-refractivity contribution < 1.29 is 4.79 Å². The molecule has 2 aromatic carbocycles. The van der Waals surface area contributed by atoms with Crippen LogP contribution in [0.15, 0.2) is 48.5 Å². The molecule has 0 spiro atoms. The van der Waals surface area contributed by atoms with E-state index in [0.717, 1.165) is 12.2 Å². The maximum absolute atomic E-state index is 11.8. The summed E-state index contributed by atoms with van der Waals surface area (Å²) in [5.74, 6) is -0.0959. The number of carbonyl (C=O) groups excluding carboxylic acids is 1. The van der Waals surface area contributed by atoms with Gasteiger partial charge in [0.25, 0.3) is 5.91 Å². The fourth-order valence-corrected chi connectivity index (χ4v) is 2.25. The molecular formula is C17H21N3O. The third-order valence-electron chi connectivity index (χ3n) is 3.30. The van der Waals surface area contributed by atoms with Crippen LogP contribution in [0.2, 0.25) is 0 Å². The summed E-state index contributed by atoms with van der Waals surface area (Å²) >= 11 is 0. The van der Waals surface area contributed by atoms with E-state index in [4.69, 9.17) is 5.73 Å². The van der Waals surface area contributed by atoms with Gasteiger partial charge in [-0.3, -0.25) is 4.79 Å². The summed E-state index contributed by atoms with van der Waals surface area (Å²) < 4.78 is 0. The number of amides is 1. The molecule has 0 radical (unpaired) electrons. The molecule has 4 heteroatoms. The van der Waals surface area contributed by atoms with E-state index in [1.165, 1.54) is 5.56 Å². The summed E-state index contributed by atoms with van der Waals surface area (Å²) in [6.45, 7) is 3.27. The number of nitrogens with zero attached hydrogens (tertiary/aromatic N) is 1. The van der Waals surface area contributed by atoms with Crippen LogP contribution in [-0.2, 0) is 6.54 Å². The molecule has 0 aliphatic carbocycles. The molecular weight excluding hydrogens is 262 g/mol. The highest BCUT2D eigenvalue weighted by molar-refractivity contribution is 5.96. The number of hydrogen-bond donors (Lipinski definition) is 2. The third kappa shape index (κ3) is 3.75. The Morgan fingerprint density at radius 2 is 1.90 bits per heavy atom. The SMILES string of the molecule is CCNC(=O)c1ccc(N(C)Cc2ccccc2)c(N)c1. The molecule has 0 aliphatic heterocycles. The Bertz CT molecular complexity index is 611. The van der Waals surface area contributed by atoms with Crippen LogP contribution < -0.4 is 16.0 Å². The van der Waals surface area contributed by atoms with Crippen LogP contribution in [0.5, 0.6) is 0 Å². The van der Waals surface area contributed by atoms with E-state index < -0.39 is 0 Å². The Hall–Kier alpha value is -2.49. The Kier molecular flexibility index (Phi) is 4.82. The van der Waals surface area contributed by atoms with Crippen molar-refractivity contribution in [2.45, 2.75) is 13.5 Å². The van der Waals surface area contributed by atoms with Gasteiger partial charge in [0, 0.05) is 25.7 Å². The highest BCUT2D eigenvalue weighted by Gasteiger charge is 2.10. The Morgan fingerprint density at radius 1 is 1.19 bits per heavy atom. The second kappa shape index (κ2) is 6.79. The van der Waals surface area contributed by atoms with Crippen molar-refractivity contribution in [2.24, 2.45) is 0 Å². The van der Waals surface area contributed by atoms with Crippen LogP contribution >= 0.6 is 0 Å². The van der Waals surface area contributed by atoms with Crippen LogP contribution in [0.3, 0.4) is 0 Å². The van der Waals surface area contributed by atoms with E-state index in [-0.39, 0.29) is 5.91 Å². The number of carbonyl (C=O) groups is 1. The van der Waals surface area contributed by atoms with Crippen LogP contribution in [-0.4, -0.2) is 19.5 Å². The van der Waals surface area contributed by atoms with Gasteiger partial charge in [-0.1, -0.05) is 30.3 Å². The quantitative estimate of drug-likeness (QED) is 0.829. The number of benzene rings is 2. The number of nitrogens with two attached hydrogens (primary N) is 1. The number of anilines is 2. The van der Waals surface area contributed by atoms with Crippen molar-refractivity contribution in [1.29, 1.82) is 0 Å². The lowest BCUT2D eigenvalue weighted by atomic mass is 10.1. The third-order valence-corrected chi connectivity index (χ3v) is 3.30. The first kappa shape index (κ1) is 14.9. The van der Waals surface area contributed by atoms with Gasteiger partial charge in [0.2, 0.25) is 0 Å². The molecule has 0 fully saturated rings. The van der Waals surface area contributed by atoms with E-state index >= 15 is 0 Å². The Morgan fingerprint density at radius 3 is 2.52 bits per heavy atom. The number of nitrogens with one attached hydrogen (secondary N) is 1. The lowest BCUT2D eigenvalue weighted by molar-refractivity contribution is 0.0956. The van der Waals surface area contributed by atoms with E-state index in [1.54, 1.807) is 12.1 Å². The second-order valence-electron chi connectivity index (χ2n) is 4.97. The zero-order valence-electron chi connectivity index (χ0n) is 12.5. The minimum Gasteiger partial charge on any atom is -0.397 e. The molecule has 2 aromatic rings. The molecule has 0 aliphatic rings. The fourth-order valence-electron chi connectivity index (χ4n) is 2.25. The Labute approximate surface area is 125 Å². The summed E-state index contributed by atoms with van der Waals surface area (Å²) in [6, 6.07) is 15.6. The topological polar surface area (TPSA) is 58.4 Å².